The van der Waals surface area contributed by atoms with Crippen molar-refractivity contribution in [2.75, 3.05) is 0 Å². The molecule has 0 fully saturated rings. The van der Waals surface area contributed by atoms with Gasteiger partial charge in [0.1, 0.15) is 0 Å². The van der Waals surface area contributed by atoms with Gasteiger partial charge in [-0.2, -0.15) is 10.5 Å². The first-order chi connectivity index (χ1) is 32.4. The van der Waals surface area contributed by atoms with E-state index < -0.39 is 0 Å². The lowest BCUT2D eigenvalue weighted by Gasteiger charge is -2.12. The fraction of sp³-hybridized carbons (Fsp3) is 0.0667. The molecule has 0 aliphatic rings. The Kier molecular flexibility index (Phi) is 17.1. The Morgan fingerprint density at radius 3 is 1.11 bits per heavy atom. The third-order valence-corrected chi connectivity index (χ3v) is 10.1. The van der Waals surface area contributed by atoms with Crippen LogP contribution >= 0.6 is 0 Å². The van der Waals surface area contributed by atoms with Crippen LogP contribution in [0.2, 0.25) is 0 Å². The number of hydrogen-bond donors (Lipinski definition) is 0. The summed E-state index contributed by atoms with van der Waals surface area (Å²) in [5.74, 6) is 0.705. The van der Waals surface area contributed by atoms with Gasteiger partial charge in [-0.3, -0.25) is 0 Å². The van der Waals surface area contributed by atoms with Crippen LogP contribution < -0.4 is 0 Å². The molecule has 320 valence electrons. The number of benzene rings is 7. The monoisotopic (exact) mass is 854 g/mol. The summed E-state index contributed by atoms with van der Waals surface area (Å²) in [7, 11) is 0. The molecule has 0 atom stereocenters. The van der Waals surface area contributed by atoms with Crippen molar-refractivity contribution in [2.45, 2.75) is 27.7 Å². The van der Waals surface area contributed by atoms with E-state index in [2.05, 4.69) is 104 Å². The van der Waals surface area contributed by atoms with Crippen molar-refractivity contribution in [2.24, 2.45) is 0 Å². The largest absolute Gasteiger partial charge is 0.244 e. The highest BCUT2D eigenvalue weighted by atomic mass is 14.9. The first-order valence-electron chi connectivity index (χ1n) is 21.6. The minimum atomic E-state index is 0.610. The molecule has 0 aliphatic heterocycles. The number of fused-ring (bicyclic) bond motifs is 1. The third-order valence-electron chi connectivity index (χ3n) is 10.1. The van der Waals surface area contributed by atoms with Gasteiger partial charge in [0.05, 0.1) is 51.5 Å². The molecule has 6 heteroatoms. The van der Waals surface area contributed by atoms with Crippen LogP contribution in [0.5, 0.6) is 0 Å². The molecule has 7 aromatic carbocycles. The molecular weight excluding hydrogens is 805 g/mol. The molecule has 66 heavy (non-hydrogen) atoms. The quantitative estimate of drug-likeness (QED) is 0.111. The number of para-hydroxylation sites is 2. The minimum Gasteiger partial charge on any atom is -0.244 e. The molecule has 9 rings (SSSR count). The van der Waals surface area contributed by atoms with Crippen molar-refractivity contribution in [3.05, 3.63) is 231 Å². The Balaban J connectivity index is 0.000000539. The fourth-order valence-corrected chi connectivity index (χ4v) is 6.90. The predicted molar refractivity (Wildman–Crippen MR) is 275 cm³/mol. The van der Waals surface area contributed by atoms with Gasteiger partial charge in [0, 0.05) is 34.7 Å². The lowest BCUT2D eigenvalue weighted by molar-refractivity contribution is 1.18. The van der Waals surface area contributed by atoms with Gasteiger partial charge in [-0.15, -0.1) is 6.58 Å². The molecule has 0 bridgehead atoms. The maximum atomic E-state index is 9.31. The van der Waals surface area contributed by atoms with E-state index in [4.69, 9.17) is 25.2 Å². The SMILES string of the molecule is C/C=C\C=C/C.C=CC.CC#N.N#Cc1ccc(-c2nc3ccccc3nc2-c2ccc(-c3ccc(-c4ccc(-c5cc(-c6ccccc6)nc(-c6ccccc6)n5)cc4)cc3)cc2)cc1. The Bertz CT molecular complexity index is 3040. The average Bonchev–Trinajstić information content (AvgIpc) is 3.39. The van der Waals surface area contributed by atoms with Crippen molar-refractivity contribution in [3.8, 4) is 90.8 Å². The second kappa shape index (κ2) is 24.1. The van der Waals surface area contributed by atoms with E-state index in [1.165, 1.54) is 6.92 Å². The van der Waals surface area contributed by atoms with Crippen LogP contribution in [0.25, 0.3) is 89.7 Å². The molecule has 0 spiro atoms. The van der Waals surface area contributed by atoms with Gasteiger partial charge >= 0.3 is 0 Å². The molecule has 9 aromatic rings. The van der Waals surface area contributed by atoms with Gasteiger partial charge in [-0.05, 0) is 73.4 Å². The Morgan fingerprint density at radius 2 is 0.727 bits per heavy atom. The van der Waals surface area contributed by atoms with E-state index in [0.29, 0.717) is 11.4 Å². The van der Waals surface area contributed by atoms with Gasteiger partial charge in [0.15, 0.2) is 5.82 Å². The summed E-state index contributed by atoms with van der Waals surface area (Å²) >= 11 is 0. The molecule has 0 unspecified atom stereocenters. The smallest absolute Gasteiger partial charge is 0.160 e. The van der Waals surface area contributed by atoms with E-state index in [0.717, 1.165) is 83.9 Å². The first kappa shape index (κ1) is 46.7. The standard InChI is InChI=1S/C49H31N5.C6H10.C3H6.C2H3N/c50-32-33-15-17-40(18-16-33)47-48(52-44-14-8-7-13-43(44)51-47)41-29-25-37(26-30-41)35-21-19-34(20-22-35)36-23-27-39(28-24-36)46-31-45(38-9-3-1-4-10-38)53-49(54-46)42-11-5-2-6-12-42;1-3-5-6-4-2;1-3-2;1-2-3/h1-31H;3-6H,1-2H3;3H,1H2,2H3;1H3/b;5-3-,6-4-;;. The van der Waals surface area contributed by atoms with Crippen LogP contribution in [0, 0.1) is 22.7 Å². The van der Waals surface area contributed by atoms with E-state index in [1.54, 1.807) is 12.1 Å². The third kappa shape index (κ3) is 12.2. The van der Waals surface area contributed by atoms with Crippen LogP contribution in [-0.2, 0) is 0 Å². The summed E-state index contributed by atoms with van der Waals surface area (Å²) in [6, 6.07) is 67.5. The fourth-order valence-electron chi connectivity index (χ4n) is 6.90. The summed E-state index contributed by atoms with van der Waals surface area (Å²) in [5.41, 5.74) is 15.1. The molecule has 0 N–H and O–H groups in total. The lowest BCUT2D eigenvalue weighted by atomic mass is 9.97. The molecule has 6 nitrogen and oxygen atoms in total. The zero-order valence-corrected chi connectivity index (χ0v) is 37.7. The highest BCUT2D eigenvalue weighted by molar-refractivity contribution is 5.87. The maximum absolute atomic E-state index is 9.31. The summed E-state index contributed by atoms with van der Waals surface area (Å²) in [6.07, 6.45) is 9.75. The Hall–Kier alpha value is -8.84. The van der Waals surface area contributed by atoms with Crippen molar-refractivity contribution in [1.29, 1.82) is 10.5 Å². The van der Waals surface area contributed by atoms with Gasteiger partial charge < -0.3 is 0 Å². The Labute approximate surface area is 389 Å². The van der Waals surface area contributed by atoms with E-state index >= 15 is 0 Å². The topological polar surface area (TPSA) is 99.1 Å². The normalized spacial score (nSPS) is 10.3. The highest BCUT2D eigenvalue weighted by Gasteiger charge is 2.15. The van der Waals surface area contributed by atoms with Crippen molar-refractivity contribution in [3.63, 3.8) is 0 Å². The lowest BCUT2D eigenvalue weighted by Crippen LogP contribution is -1.95. The second-order valence-electron chi connectivity index (χ2n) is 14.7. The summed E-state index contributed by atoms with van der Waals surface area (Å²) < 4.78 is 0. The highest BCUT2D eigenvalue weighted by Crippen LogP contribution is 2.34. The van der Waals surface area contributed by atoms with Crippen LogP contribution in [0.4, 0.5) is 0 Å². The van der Waals surface area contributed by atoms with E-state index in [-0.39, 0.29) is 0 Å². The molecule has 0 saturated carbocycles. The van der Waals surface area contributed by atoms with Gasteiger partial charge in [0.25, 0.3) is 0 Å². The zero-order chi connectivity index (χ0) is 46.5. The Morgan fingerprint density at radius 1 is 0.409 bits per heavy atom. The summed E-state index contributed by atoms with van der Waals surface area (Å²) in [6.45, 7) is 10.7. The molecule has 0 aliphatic carbocycles. The van der Waals surface area contributed by atoms with Crippen LogP contribution in [0.3, 0.4) is 0 Å². The maximum Gasteiger partial charge on any atom is 0.160 e. The van der Waals surface area contributed by atoms with Crippen molar-refractivity contribution >= 4 is 11.0 Å². The van der Waals surface area contributed by atoms with E-state index in [9.17, 15) is 5.26 Å². The number of nitriles is 2. The van der Waals surface area contributed by atoms with Gasteiger partial charge in [-0.1, -0.05) is 188 Å². The minimum absolute atomic E-state index is 0.610. The van der Waals surface area contributed by atoms with Crippen molar-refractivity contribution in [1.82, 2.24) is 19.9 Å². The predicted octanol–water partition coefficient (Wildman–Crippen LogP) is 15.8. The van der Waals surface area contributed by atoms with E-state index in [1.807, 2.05) is 142 Å². The summed E-state index contributed by atoms with van der Waals surface area (Å²) in [5, 5.41) is 16.6. The van der Waals surface area contributed by atoms with Crippen LogP contribution in [0.1, 0.15) is 33.3 Å². The molecule has 0 amide bonds. The number of hydrogen-bond acceptors (Lipinski definition) is 6. The molecule has 2 heterocycles. The van der Waals surface area contributed by atoms with Crippen LogP contribution in [0.15, 0.2) is 225 Å². The number of aromatic nitrogens is 4. The molecule has 0 radical (unpaired) electrons. The number of nitrogens with zero attached hydrogens (tertiary/aromatic N) is 6. The molecular formula is C60H50N6. The number of rotatable bonds is 8. The summed E-state index contributed by atoms with van der Waals surface area (Å²) in [4.78, 5) is 19.9. The second-order valence-corrected chi connectivity index (χ2v) is 14.7. The molecule has 0 saturated heterocycles. The van der Waals surface area contributed by atoms with Crippen molar-refractivity contribution < 1.29 is 0 Å². The van der Waals surface area contributed by atoms with Crippen LogP contribution in [-0.4, -0.2) is 19.9 Å². The van der Waals surface area contributed by atoms with Gasteiger partial charge in [0.2, 0.25) is 0 Å². The number of allylic oxidation sites excluding steroid dienone is 5. The first-order valence-corrected chi connectivity index (χ1v) is 21.6. The van der Waals surface area contributed by atoms with Gasteiger partial charge in [-0.25, -0.2) is 19.9 Å². The zero-order valence-electron chi connectivity index (χ0n) is 37.7. The molecule has 2 aromatic heterocycles. The average molecular weight is 855 g/mol.